The van der Waals surface area contributed by atoms with E-state index >= 15 is 0 Å². The van der Waals surface area contributed by atoms with Crippen molar-refractivity contribution in [1.82, 2.24) is 4.90 Å². The fourth-order valence-corrected chi connectivity index (χ4v) is 3.46. The number of para-hydroxylation sites is 1. The molecule has 2 amide bonds. The predicted molar refractivity (Wildman–Crippen MR) is 116 cm³/mol. The van der Waals surface area contributed by atoms with Crippen LogP contribution < -0.4 is 10.6 Å². The fraction of sp³-hybridized carbons (Fsp3) is 0.333. The molecule has 0 bridgehead atoms. The van der Waals surface area contributed by atoms with Crippen LogP contribution in [0.3, 0.4) is 0 Å². The highest BCUT2D eigenvalue weighted by Gasteiger charge is 2.22. The zero-order valence-electron chi connectivity index (χ0n) is 16.7. The second kappa shape index (κ2) is 9.41. The van der Waals surface area contributed by atoms with Crippen LogP contribution in [0.2, 0.25) is 10.0 Å². The number of halogens is 2. The van der Waals surface area contributed by atoms with Gasteiger partial charge in [-0.2, -0.15) is 0 Å². The minimum absolute atomic E-state index is 0.0159. The molecule has 0 saturated heterocycles. The Kier molecular flexibility index (Phi) is 7.47. The lowest BCUT2D eigenvalue weighted by molar-refractivity contribution is -0.122. The van der Waals surface area contributed by atoms with Crippen LogP contribution >= 0.6 is 23.2 Å². The highest BCUT2D eigenvalue weighted by atomic mass is 35.5. The van der Waals surface area contributed by atoms with E-state index in [1.807, 2.05) is 32.9 Å². The minimum atomic E-state index is -0.507. The van der Waals surface area contributed by atoms with Crippen LogP contribution in [-0.2, 0) is 9.59 Å². The van der Waals surface area contributed by atoms with Gasteiger partial charge < -0.3 is 10.6 Å². The molecule has 28 heavy (non-hydrogen) atoms. The molecule has 0 aliphatic heterocycles. The summed E-state index contributed by atoms with van der Waals surface area (Å²) in [4.78, 5) is 26.7. The average Bonchev–Trinajstić information content (AvgIpc) is 2.60. The number of nitrogens with zero attached hydrogens (tertiary/aromatic N) is 1. The number of amides is 2. The molecule has 0 saturated carbocycles. The van der Waals surface area contributed by atoms with Gasteiger partial charge in [-0.1, -0.05) is 47.0 Å². The normalized spacial score (nSPS) is 12.0. The van der Waals surface area contributed by atoms with E-state index < -0.39 is 6.04 Å². The summed E-state index contributed by atoms with van der Waals surface area (Å²) in [5.74, 6) is -0.485. The van der Waals surface area contributed by atoms with Gasteiger partial charge in [0.2, 0.25) is 11.8 Å². The molecule has 2 N–H and O–H groups in total. The van der Waals surface area contributed by atoms with Crippen molar-refractivity contribution in [3.8, 4) is 0 Å². The first-order chi connectivity index (χ1) is 13.1. The smallest absolute Gasteiger partial charge is 0.241 e. The molecule has 0 aliphatic carbocycles. The number of carbonyl (C=O) groups is 2. The van der Waals surface area contributed by atoms with Crippen LogP contribution in [-0.4, -0.2) is 36.3 Å². The monoisotopic (exact) mass is 421 g/mol. The summed E-state index contributed by atoms with van der Waals surface area (Å²) >= 11 is 12.2. The molecule has 7 heteroatoms. The molecule has 0 aromatic heterocycles. The minimum Gasteiger partial charge on any atom is -0.324 e. The van der Waals surface area contributed by atoms with Crippen molar-refractivity contribution in [3.05, 3.63) is 57.1 Å². The quantitative estimate of drug-likeness (QED) is 0.702. The molecule has 2 aromatic rings. The molecule has 0 unspecified atom stereocenters. The highest BCUT2D eigenvalue weighted by Crippen LogP contribution is 2.29. The van der Waals surface area contributed by atoms with E-state index in [-0.39, 0.29) is 18.4 Å². The van der Waals surface area contributed by atoms with Crippen molar-refractivity contribution in [2.45, 2.75) is 33.7 Å². The Morgan fingerprint density at radius 2 is 1.54 bits per heavy atom. The predicted octanol–water partition coefficient (Wildman–Crippen LogP) is 4.82. The van der Waals surface area contributed by atoms with Crippen molar-refractivity contribution in [2.24, 2.45) is 0 Å². The zero-order valence-corrected chi connectivity index (χ0v) is 18.2. The van der Waals surface area contributed by atoms with E-state index in [1.54, 1.807) is 37.1 Å². The SMILES string of the molecule is Cc1cc(C)c(NC(=O)[C@H](C)N(C)CC(=O)Nc2c(Cl)cccc2Cl)c(C)c1. The number of aryl methyl sites for hydroxylation is 3. The Hall–Kier alpha value is -2.08. The second-order valence-corrected chi connectivity index (χ2v) is 7.81. The van der Waals surface area contributed by atoms with Crippen LogP contribution in [0.4, 0.5) is 11.4 Å². The number of rotatable bonds is 6. The lowest BCUT2D eigenvalue weighted by Gasteiger charge is -2.24. The largest absolute Gasteiger partial charge is 0.324 e. The van der Waals surface area contributed by atoms with Crippen molar-refractivity contribution >= 4 is 46.4 Å². The van der Waals surface area contributed by atoms with Gasteiger partial charge >= 0.3 is 0 Å². The summed E-state index contributed by atoms with van der Waals surface area (Å²) in [5, 5.41) is 6.40. The molecule has 0 heterocycles. The van der Waals surface area contributed by atoms with E-state index in [0.29, 0.717) is 15.7 Å². The number of anilines is 2. The van der Waals surface area contributed by atoms with Gasteiger partial charge in [-0.05, 0) is 58.0 Å². The van der Waals surface area contributed by atoms with E-state index in [1.165, 1.54) is 0 Å². The van der Waals surface area contributed by atoms with E-state index in [9.17, 15) is 9.59 Å². The second-order valence-electron chi connectivity index (χ2n) is 7.00. The maximum atomic E-state index is 12.7. The van der Waals surface area contributed by atoms with Crippen LogP contribution in [0.15, 0.2) is 30.3 Å². The zero-order chi connectivity index (χ0) is 21.0. The third kappa shape index (κ3) is 5.47. The van der Waals surface area contributed by atoms with Crippen molar-refractivity contribution in [2.75, 3.05) is 24.2 Å². The van der Waals surface area contributed by atoms with Gasteiger partial charge in [0.05, 0.1) is 28.3 Å². The summed E-state index contributed by atoms with van der Waals surface area (Å²) in [7, 11) is 1.72. The molecule has 5 nitrogen and oxygen atoms in total. The summed E-state index contributed by atoms with van der Waals surface area (Å²) < 4.78 is 0. The molecule has 0 aliphatic rings. The van der Waals surface area contributed by atoms with Gasteiger partial charge in [0.15, 0.2) is 0 Å². The van der Waals surface area contributed by atoms with E-state index in [0.717, 1.165) is 22.4 Å². The van der Waals surface area contributed by atoms with Gasteiger partial charge in [-0.3, -0.25) is 14.5 Å². The van der Waals surface area contributed by atoms with Crippen LogP contribution in [0, 0.1) is 20.8 Å². The molecule has 2 aromatic carbocycles. The molecule has 0 spiro atoms. The Morgan fingerprint density at radius 3 is 2.07 bits per heavy atom. The summed E-state index contributed by atoms with van der Waals surface area (Å²) in [5.41, 5.74) is 4.34. The van der Waals surface area contributed by atoms with Crippen LogP contribution in [0.5, 0.6) is 0 Å². The third-order valence-corrected chi connectivity index (χ3v) is 5.22. The van der Waals surface area contributed by atoms with Crippen molar-refractivity contribution in [3.63, 3.8) is 0 Å². The lowest BCUT2D eigenvalue weighted by atomic mass is 10.0. The molecule has 0 radical (unpaired) electrons. The standard InChI is InChI=1S/C21H25Cl2N3O2/c1-12-9-13(2)19(14(3)10-12)25-21(28)15(4)26(5)11-18(27)24-20-16(22)7-6-8-17(20)23/h6-10,15H,11H2,1-5H3,(H,24,27)(H,25,28)/t15-/m0/s1. The van der Waals surface area contributed by atoms with Gasteiger partial charge in [0.25, 0.3) is 0 Å². The maximum absolute atomic E-state index is 12.7. The first-order valence-electron chi connectivity index (χ1n) is 8.93. The fourth-order valence-electron chi connectivity index (χ4n) is 2.96. The number of hydrogen-bond donors (Lipinski definition) is 2. The Morgan fingerprint density at radius 1 is 1.00 bits per heavy atom. The average molecular weight is 422 g/mol. The maximum Gasteiger partial charge on any atom is 0.241 e. The number of nitrogens with one attached hydrogen (secondary N) is 2. The first-order valence-corrected chi connectivity index (χ1v) is 9.68. The molecular weight excluding hydrogens is 397 g/mol. The Labute approximate surface area is 176 Å². The first kappa shape index (κ1) is 22.2. The third-order valence-electron chi connectivity index (χ3n) is 4.59. The van der Waals surface area contributed by atoms with Gasteiger partial charge in [0, 0.05) is 5.69 Å². The molecule has 1 atom stereocenters. The number of carbonyl (C=O) groups excluding carboxylic acids is 2. The summed E-state index contributed by atoms with van der Waals surface area (Å²) in [6.07, 6.45) is 0. The topological polar surface area (TPSA) is 61.4 Å². The van der Waals surface area contributed by atoms with Crippen LogP contribution in [0.1, 0.15) is 23.6 Å². The van der Waals surface area contributed by atoms with Gasteiger partial charge in [0.1, 0.15) is 0 Å². The van der Waals surface area contributed by atoms with Crippen molar-refractivity contribution in [1.29, 1.82) is 0 Å². The Balaban J connectivity index is 2.01. The highest BCUT2D eigenvalue weighted by molar-refractivity contribution is 6.39. The van der Waals surface area contributed by atoms with Crippen molar-refractivity contribution < 1.29 is 9.59 Å². The molecule has 0 fully saturated rings. The molecule has 2 rings (SSSR count). The number of likely N-dealkylation sites (N-methyl/N-ethyl adjacent to an activating group) is 1. The Bertz CT molecular complexity index is 856. The summed E-state index contributed by atoms with van der Waals surface area (Å²) in [6.45, 7) is 7.72. The van der Waals surface area contributed by atoms with Crippen LogP contribution in [0.25, 0.3) is 0 Å². The summed E-state index contributed by atoms with van der Waals surface area (Å²) in [6, 6.07) is 8.54. The molecular formula is C21H25Cl2N3O2. The number of benzene rings is 2. The number of hydrogen-bond acceptors (Lipinski definition) is 3. The lowest BCUT2D eigenvalue weighted by Crippen LogP contribution is -2.43. The van der Waals surface area contributed by atoms with Gasteiger partial charge in [-0.25, -0.2) is 0 Å². The van der Waals surface area contributed by atoms with Gasteiger partial charge in [-0.15, -0.1) is 0 Å². The van der Waals surface area contributed by atoms with E-state index in [4.69, 9.17) is 23.2 Å². The van der Waals surface area contributed by atoms with E-state index in [2.05, 4.69) is 10.6 Å². The molecule has 150 valence electrons.